The number of amides is 1. The van der Waals surface area contributed by atoms with Gasteiger partial charge in [0.15, 0.2) is 0 Å². The predicted molar refractivity (Wildman–Crippen MR) is 103 cm³/mol. The lowest BCUT2D eigenvalue weighted by Crippen LogP contribution is -2.33. The average Bonchev–Trinajstić information content (AvgIpc) is 2.83. The van der Waals surface area contributed by atoms with E-state index in [0.717, 1.165) is 22.6 Å². The number of hydrogen-bond donors (Lipinski definition) is 2. The largest absolute Gasteiger partial charge is 0.354 e. The van der Waals surface area contributed by atoms with E-state index in [4.69, 9.17) is 5.73 Å². The Morgan fingerprint density at radius 3 is 2.74 bits per heavy atom. The molecule has 1 aromatic heterocycles. The van der Waals surface area contributed by atoms with Crippen LogP contribution in [0, 0.1) is 5.92 Å². The number of thioether (sulfide) groups is 1. The number of aromatic nitrogens is 2. The Balaban J connectivity index is 0.00000242. The zero-order valence-electron chi connectivity index (χ0n) is 13.3. The number of carbonyl (C=O) groups excluding carboxylic acids is 1. The van der Waals surface area contributed by atoms with E-state index in [1.165, 1.54) is 0 Å². The summed E-state index contributed by atoms with van der Waals surface area (Å²) in [7, 11) is 0. The summed E-state index contributed by atoms with van der Waals surface area (Å²) in [6, 6.07) is 7.91. The van der Waals surface area contributed by atoms with E-state index < -0.39 is 0 Å². The summed E-state index contributed by atoms with van der Waals surface area (Å²) in [5.41, 5.74) is 7.50. The van der Waals surface area contributed by atoms with E-state index in [1.54, 1.807) is 11.8 Å². The van der Waals surface area contributed by atoms with Crippen LogP contribution in [0.1, 0.15) is 12.7 Å². The normalized spacial score (nSPS) is 11.4. The molecule has 1 heterocycles. The molecule has 0 spiro atoms. The smallest absolute Gasteiger partial charge is 0.240 e. The van der Waals surface area contributed by atoms with Crippen LogP contribution in [-0.4, -0.2) is 34.8 Å². The molecular weight excluding hydrogens is 355 g/mol. The summed E-state index contributed by atoms with van der Waals surface area (Å²) in [6.07, 6.45) is 2.03. The number of nitrogens with zero attached hydrogens (tertiary/aromatic N) is 2. The Morgan fingerprint density at radius 2 is 2.09 bits per heavy atom. The van der Waals surface area contributed by atoms with E-state index >= 15 is 0 Å². The van der Waals surface area contributed by atoms with Crippen molar-refractivity contribution in [3.63, 3.8) is 0 Å². The Kier molecular flexibility index (Phi) is 10.3. The molecule has 1 atom stereocenters. The quantitative estimate of drug-likeness (QED) is 0.775. The SMILES string of the molecule is CSCc1nc2ccccc2n1CC(=O)NCC(C)CN.Cl.Cl. The fraction of sp³-hybridized carbons (Fsp3) is 0.467. The number of hydrogen-bond acceptors (Lipinski definition) is 4. The summed E-state index contributed by atoms with van der Waals surface area (Å²) in [4.78, 5) is 16.7. The Labute approximate surface area is 153 Å². The molecule has 8 heteroatoms. The second-order valence-corrected chi connectivity index (χ2v) is 6.05. The maximum absolute atomic E-state index is 12.1. The van der Waals surface area contributed by atoms with E-state index in [-0.39, 0.29) is 30.7 Å². The number of nitrogens with two attached hydrogens (primary N) is 1. The lowest BCUT2D eigenvalue weighted by Gasteiger charge is -2.12. The zero-order chi connectivity index (χ0) is 15.2. The summed E-state index contributed by atoms with van der Waals surface area (Å²) in [5, 5.41) is 2.93. The van der Waals surface area contributed by atoms with Crippen LogP contribution in [-0.2, 0) is 17.1 Å². The molecule has 1 amide bonds. The van der Waals surface area contributed by atoms with Crippen molar-refractivity contribution in [2.75, 3.05) is 19.3 Å². The number of imidazole rings is 1. The highest BCUT2D eigenvalue weighted by Crippen LogP contribution is 2.18. The van der Waals surface area contributed by atoms with Crippen molar-refractivity contribution >= 4 is 53.5 Å². The van der Waals surface area contributed by atoms with Crippen LogP contribution in [0.25, 0.3) is 11.0 Å². The first-order chi connectivity index (χ1) is 10.2. The molecule has 3 N–H and O–H groups in total. The third kappa shape index (κ3) is 5.88. The van der Waals surface area contributed by atoms with Crippen molar-refractivity contribution in [3.05, 3.63) is 30.1 Å². The molecule has 0 aliphatic heterocycles. The predicted octanol–water partition coefficient (Wildman–Crippen LogP) is 2.45. The summed E-state index contributed by atoms with van der Waals surface area (Å²) >= 11 is 1.70. The Bertz CT molecular complexity index is 621. The third-order valence-corrected chi connectivity index (χ3v) is 3.91. The van der Waals surface area contributed by atoms with Gasteiger partial charge < -0.3 is 15.6 Å². The molecule has 0 fully saturated rings. The maximum atomic E-state index is 12.1. The second kappa shape index (κ2) is 10.8. The number of fused-ring (bicyclic) bond motifs is 1. The van der Waals surface area contributed by atoms with Crippen molar-refractivity contribution in [2.45, 2.75) is 19.2 Å². The highest BCUT2D eigenvalue weighted by molar-refractivity contribution is 7.97. The summed E-state index contributed by atoms with van der Waals surface area (Å²) in [5.74, 6) is 2.02. The monoisotopic (exact) mass is 378 g/mol. The van der Waals surface area contributed by atoms with Crippen molar-refractivity contribution in [1.82, 2.24) is 14.9 Å². The van der Waals surface area contributed by atoms with Gasteiger partial charge in [0.2, 0.25) is 5.91 Å². The van der Waals surface area contributed by atoms with Gasteiger partial charge in [-0.1, -0.05) is 19.1 Å². The molecule has 0 aliphatic carbocycles. The maximum Gasteiger partial charge on any atom is 0.240 e. The number of carbonyl (C=O) groups is 1. The van der Waals surface area contributed by atoms with Crippen LogP contribution in [0.15, 0.2) is 24.3 Å². The Hall–Kier alpha value is -0.950. The molecule has 0 saturated carbocycles. The van der Waals surface area contributed by atoms with Gasteiger partial charge in [-0.15, -0.1) is 24.8 Å². The van der Waals surface area contributed by atoms with Gasteiger partial charge in [0.05, 0.1) is 16.8 Å². The highest BCUT2D eigenvalue weighted by Gasteiger charge is 2.13. The second-order valence-electron chi connectivity index (χ2n) is 5.18. The molecule has 0 radical (unpaired) electrons. The first-order valence-corrected chi connectivity index (χ1v) is 8.45. The average molecular weight is 379 g/mol. The molecule has 1 aromatic carbocycles. The van der Waals surface area contributed by atoms with Gasteiger partial charge in [0, 0.05) is 6.54 Å². The van der Waals surface area contributed by atoms with E-state index in [0.29, 0.717) is 25.6 Å². The third-order valence-electron chi connectivity index (χ3n) is 3.36. The van der Waals surface area contributed by atoms with Crippen molar-refractivity contribution in [3.8, 4) is 0 Å². The van der Waals surface area contributed by atoms with Crippen LogP contribution in [0.3, 0.4) is 0 Å². The molecule has 130 valence electrons. The minimum absolute atomic E-state index is 0. The molecule has 0 bridgehead atoms. The van der Waals surface area contributed by atoms with Crippen LogP contribution < -0.4 is 11.1 Å². The molecule has 0 aliphatic rings. The summed E-state index contributed by atoms with van der Waals surface area (Å²) < 4.78 is 1.99. The van der Waals surface area contributed by atoms with Crippen LogP contribution in [0.2, 0.25) is 0 Å². The first-order valence-electron chi connectivity index (χ1n) is 7.05. The zero-order valence-corrected chi connectivity index (χ0v) is 15.8. The lowest BCUT2D eigenvalue weighted by atomic mass is 10.2. The van der Waals surface area contributed by atoms with Crippen molar-refractivity contribution in [1.29, 1.82) is 0 Å². The van der Waals surface area contributed by atoms with Gasteiger partial charge in [-0.05, 0) is 30.9 Å². The van der Waals surface area contributed by atoms with Gasteiger partial charge in [0.1, 0.15) is 12.4 Å². The summed E-state index contributed by atoms with van der Waals surface area (Å²) in [6.45, 7) is 3.51. The molecule has 2 aromatic rings. The Morgan fingerprint density at radius 1 is 1.39 bits per heavy atom. The number of para-hydroxylation sites is 2. The molecule has 1 unspecified atom stereocenters. The lowest BCUT2D eigenvalue weighted by molar-refractivity contribution is -0.121. The van der Waals surface area contributed by atoms with Gasteiger partial charge in [-0.25, -0.2) is 4.98 Å². The molecular formula is C15H24Cl2N4OS. The molecule has 23 heavy (non-hydrogen) atoms. The highest BCUT2D eigenvalue weighted by atomic mass is 35.5. The fourth-order valence-electron chi connectivity index (χ4n) is 2.11. The minimum Gasteiger partial charge on any atom is -0.354 e. The first kappa shape index (κ1) is 22.1. The molecule has 5 nitrogen and oxygen atoms in total. The van der Waals surface area contributed by atoms with E-state index in [1.807, 2.05) is 42.0 Å². The van der Waals surface area contributed by atoms with Crippen LogP contribution in [0.5, 0.6) is 0 Å². The van der Waals surface area contributed by atoms with Crippen LogP contribution >= 0.6 is 36.6 Å². The minimum atomic E-state index is 0. The molecule has 2 rings (SSSR count). The number of nitrogens with one attached hydrogen (secondary N) is 1. The standard InChI is InChI=1S/C15H22N4OS.2ClH/c1-11(7-16)8-17-15(20)9-19-13-6-4-3-5-12(13)18-14(19)10-21-2;;/h3-6,11H,7-10,16H2,1-2H3,(H,17,20);2*1H. The van der Waals surface area contributed by atoms with Gasteiger partial charge >= 0.3 is 0 Å². The van der Waals surface area contributed by atoms with Gasteiger partial charge in [-0.3, -0.25) is 4.79 Å². The van der Waals surface area contributed by atoms with Crippen molar-refractivity contribution in [2.24, 2.45) is 11.7 Å². The fourth-order valence-corrected chi connectivity index (χ4v) is 2.59. The van der Waals surface area contributed by atoms with E-state index in [2.05, 4.69) is 10.3 Å². The van der Waals surface area contributed by atoms with Gasteiger partial charge in [-0.2, -0.15) is 11.8 Å². The van der Waals surface area contributed by atoms with E-state index in [9.17, 15) is 4.79 Å². The number of halogens is 2. The topological polar surface area (TPSA) is 72.9 Å². The van der Waals surface area contributed by atoms with Gasteiger partial charge in [0.25, 0.3) is 0 Å². The van der Waals surface area contributed by atoms with Crippen molar-refractivity contribution < 1.29 is 4.79 Å². The number of benzene rings is 1. The molecule has 0 saturated heterocycles. The number of rotatable bonds is 7. The van der Waals surface area contributed by atoms with Crippen LogP contribution in [0.4, 0.5) is 0 Å².